The zero-order valence-corrected chi connectivity index (χ0v) is 11.7. The van der Waals surface area contributed by atoms with Crippen molar-refractivity contribution in [2.45, 2.75) is 11.8 Å². The van der Waals surface area contributed by atoms with Gasteiger partial charge in [-0.2, -0.15) is 0 Å². The van der Waals surface area contributed by atoms with Crippen molar-refractivity contribution in [3.8, 4) is 0 Å². The molecule has 8 heteroatoms. The van der Waals surface area contributed by atoms with Crippen LogP contribution in [-0.2, 0) is 14.8 Å². The highest BCUT2D eigenvalue weighted by atomic mass is 32.2. The summed E-state index contributed by atoms with van der Waals surface area (Å²) in [6.45, 7) is 2.40. The van der Waals surface area contributed by atoms with Gasteiger partial charge in [-0.05, 0) is 25.1 Å². The van der Waals surface area contributed by atoms with E-state index in [9.17, 15) is 13.2 Å². The Morgan fingerprint density at radius 3 is 2.58 bits per heavy atom. The number of likely N-dealkylation sites (N-methyl/N-ethyl adjacent to an activating group) is 1. The van der Waals surface area contributed by atoms with Crippen LogP contribution in [0.15, 0.2) is 23.1 Å². The molecule has 0 atom stereocenters. The second-order valence-corrected chi connectivity index (χ2v) is 5.59. The predicted molar refractivity (Wildman–Crippen MR) is 74.0 cm³/mol. The summed E-state index contributed by atoms with van der Waals surface area (Å²) in [5.41, 5.74) is 6.07. The van der Waals surface area contributed by atoms with Gasteiger partial charge in [0.1, 0.15) is 4.90 Å². The Balaban J connectivity index is 2.94. The van der Waals surface area contributed by atoms with Crippen molar-refractivity contribution >= 4 is 27.3 Å². The van der Waals surface area contributed by atoms with Gasteiger partial charge in [0.15, 0.2) is 0 Å². The molecule has 0 aliphatic heterocycles. The first-order valence-corrected chi connectivity index (χ1v) is 7.20. The molecule has 0 saturated heterocycles. The van der Waals surface area contributed by atoms with Gasteiger partial charge in [-0.1, -0.05) is 0 Å². The van der Waals surface area contributed by atoms with Crippen molar-refractivity contribution in [3.63, 3.8) is 0 Å². The Bertz CT molecular complexity index is 571. The molecule has 0 aromatic heterocycles. The van der Waals surface area contributed by atoms with Crippen molar-refractivity contribution in [1.29, 1.82) is 0 Å². The van der Waals surface area contributed by atoms with Gasteiger partial charge >= 0.3 is 0 Å². The summed E-state index contributed by atoms with van der Waals surface area (Å²) in [5.74, 6) is -0.153. The maximum Gasteiger partial charge on any atom is 0.241 e. The summed E-state index contributed by atoms with van der Waals surface area (Å²) in [4.78, 5) is 13.0. The monoisotopic (exact) mass is 286 g/mol. The first-order chi connectivity index (χ1) is 8.75. The van der Waals surface area contributed by atoms with E-state index in [1.54, 1.807) is 7.05 Å². The third kappa shape index (κ3) is 4.11. The van der Waals surface area contributed by atoms with Crippen LogP contribution < -0.4 is 16.2 Å². The maximum atomic E-state index is 11.6. The van der Waals surface area contributed by atoms with Crippen LogP contribution in [0.2, 0.25) is 0 Å². The molecular formula is C11H18N4O3S. The lowest BCUT2D eigenvalue weighted by atomic mass is 10.3. The van der Waals surface area contributed by atoms with Crippen molar-refractivity contribution < 1.29 is 13.2 Å². The second-order valence-electron chi connectivity index (χ2n) is 4.06. The van der Waals surface area contributed by atoms with Crippen LogP contribution in [0.3, 0.4) is 0 Å². The third-order valence-corrected chi connectivity index (χ3v) is 3.59. The minimum atomic E-state index is -3.90. The van der Waals surface area contributed by atoms with E-state index in [-0.39, 0.29) is 28.7 Å². The van der Waals surface area contributed by atoms with Crippen molar-refractivity contribution in [3.05, 3.63) is 18.2 Å². The van der Waals surface area contributed by atoms with Gasteiger partial charge in [0.05, 0.1) is 12.2 Å². The molecule has 1 aromatic rings. The number of anilines is 2. The van der Waals surface area contributed by atoms with Gasteiger partial charge in [-0.3, -0.25) is 4.79 Å². The number of hydrogen-bond donors (Lipinski definition) is 3. The van der Waals surface area contributed by atoms with Crippen LogP contribution >= 0.6 is 0 Å². The standard InChI is InChI=1S/C11H18N4O3S/c1-3-15(2)11(16)7-14-9-5-4-8(12)6-10(9)19(13,17)18/h4-6,14H,3,7,12H2,1-2H3,(H2,13,17,18). The summed E-state index contributed by atoms with van der Waals surface area (Å²) in [6, 6.07) is 4.27. The number of nitrogens with zero attached hydrogens (tertiary/aromatic N) is 1. The van der Waals surface area contributed by atoms with Gasteiger partial charge in [-0.25, -0.2) is 13.6 Å². The second kappa shape index (κ2) is 5.89. The van der Waals surface area contributed by atoms with Crippen LogP contribution in [0.1, 0.15) is 6.92 Å². The number of amides is 1. The van der Waals surface area contributed by atoms with E-state index in [1.807, 2.05) is 6.92 Å². The van der Waals surface area contributed by atoms with E-state index in [4.69, 9.17) is 10.9 Å². The molecule has 0 radical (unpaired) electrons. The first kappa shape index (κ1) is 15.3. The summed E-state index contributed by atoms with van der Waals surface area (Å²) < 4.78 is 22.9. The van der Waals surface area contributed by atoms with Crippen LogP contribution in [0, 0.1) is 0 Å². The zero-order valence-electron chi connectivity index (χ0n) is 10.9. The maximum absolute atomic E-state index is 11.6. The quantitative estimate of drug-likeness (QED) is 0.648. The zero-order chi connectivity index (χ0) is 14.6. The Morgan fingerprint density at radius 2 is 2.05 bits per heavy atom. The molecule has 1 amide bonds. The van der Waals surface area contributed by atoms with E-state index in [0.29, 0.717) is 6.54 Å². The number of benzene rings is 1. The predicted octanol–water partition coefficient (Wildman–Crippen LogP) is -0.194. The molecule has 7 nitrogen and oxygen atoms in total. The fraction of sp³-hybridized carbons (Fsp3) is 0.364. The van der Waals surface area contributed by atoms with Crippen LogP contribution in [0.4, 0.5) is 11.4 Å². The molecule has 0 aliphatic rings. The number of hydrogen-bond acceptors (Lipinski definition) is 5. The Morgan fingerprint density at radius 1 is 1.42 bits per heavy atom. The van der Waals surface area contributed by atoms with E-state index in [2.05, 4.69) is 5.32 Å². The number of sulfonamides is 1. The van der Waals surface area contributed by atoms with E-state index < -0.39 is 10.0 Å². The van der Waals surface area contributed by atoms with Crippen LogP contribution in [-0.4, -0.2) is 39.4 Å². The normalized spacial score (nSPS) is 11.1. The number of primary sulfonamides is 1. The molecule has 0 bridgehead atoms. The number of nitrogen functional groups attached to an aromatic ring is 1. The molecule has 106 valence electrons. The van der Waals surface area contributed by atoms with E-state index in [1.165, 1.54) is 23.1 Å². The van der Waals surface area contributed by atoms with Gasteiger partial charge in [0, 0.05) is 19.3 Å². The lowest BCUT2D eigenvalue weighted by molar-refractivity contribution is -0.127. The topological polar surface area (TPSA) is 119 Å². The Kier molecular flexibility index (Phi) is 4.73. The lowest BCUT2D eigenvalue weighted by Gasteiger charge is -2.16. The molecule has 5 N–H and O–H groups in total. The lowest BCUT2D eigenvalue weighted by Crippen LogP contribution is -2.32. The number of nitrogens with two attached hydrogens (primary N) is 2. The molecule has 19 heavy (non-hydrogen) atoms. The number of carbonyl (C=O) groups excluding carboxylic acids is 1. The molecule has 0 saturated carbocycles. The highest BCUT2D eigenvalue weighted by Crippen LogP contribution is 2.22. The molecule has 0 fully saturated rings. The Hall–Kier alpha value is -1.80. The first-order valence-electron chi connectivity index (χ1n) is 5.66. The van der Waals surface area contributed by atoms with Crippen molar-refractivity contribution in [2.75, 3.05) is 31.2 Å². The summed E-state index contributed by atoms with van der Waals surface area (Å²) in [7, 11) is -2.24. The summed E-state index contributed by atoms with van der Waals surface area (Å²) in [5, 5.41) is 7.86. The fourth-order valence-corrected chi connectivity index (χ4v) is 2.15. The van der Waals surface area contributed by atoms with Gasteiger partial charge in [0.25, 0.3) is 0 Å². The highest BCUT2D eigenvalue weighted by Gasteiger charge is 2.15. The molecular weight excluding hydrogens is 268 g/mol. The molecule has 0 heterocycles. The number of rotatable bonds is 5. The van der Waals surface area contributed by atoms with E-state index >= 15 is 0 Å². The smallest absolute Gasteiger partial charge is 0.241 e. The van der Waals surface area contributed by atoms with Crippen molar-refractivity contribution in [1.82, 2.24) is 4.90 Å². The Labute approximate surface area is 112 Å². The minimum absolute atomic E-state index is 0.0171. The third-order valence-electron chi connectivity index (χ3n) is 2.64. The minimum Gasteiger partial charge on any atom is -0.399 e. The largest absolute Gasteiger partial charge is 0.399 e. The number of nitrogens with one attached hydrogen (secondary N) is 1. The SMILES string of the molecule is CCN(C)C(=O)CNc1ccc(N)cc1S(N)(=O)=O. The van der Waals surface area contributed by atoms with Gasteiger partial charge in [-0.15, -0.1) is 0 Å². The average Bonchev–Trinajstić information content (AvgIpc) is 2.34. The highest BCUT2D eigenvalue weighted by molar-refractivity contribution is 7.89. The van der Waals surface area contributed by atoms with Crippen molar-refractivity contribution in [2.24, 2.45) is 5.14 Å². The summed E-state index contributed by atoms with van der Waals surface area (Å²) >= 11 is 0. The average molecular weight is 286 g/mol. The van der Waals surface area contributed by atoms with Gasteiger partial charge in [0.2, 0.25) is 15.9 Å². The van der Waals surface area contributed by atoms with Crippen LogP contribution in [0.5, 0.6) is 0 Å². The van der Waals surface area contributed by atoms with Gasteiger partial charge < -0.3 is 16.0 Å². The number of carbonyl (C=O) groups is 1. The van der Waals surface area contributed by atoms with Crippen LogP contribution in [0.25, 0.3) is 0 Å². The summed E-state index contributed by atoms with van der Waals surface area (Å²) in [6.07, 6.45) is 0. The molecule has 0 aliphatic carbocycles. The molecule has 1 aromatic carbocycles. The molecule has 1 rings (SSSR count). The fourth-order valence-electron chi connectivity index (χ4n) is 1.40. The molecule has 0 unspecified atom stereocenters. The molecule has 0 spiro atoms. The van der Waals surface area contributed by atoms with E-state index in [0.717, 1.165) is 0 Å².